The third kappa shape index (κ3) is 5.69. The Hall–Kier alpha value is -2.16. The molecule has 1 atom stereocenters. The molecule has 1 aromatic heterocycles. The molecule has 0 bridgehead atoms. The van der Waals surface area contributed by atoms with Gasteiger partial charge in [-0.15, -0.1) is 0 Å². The Bertz CT molecular complexity index is 591. The average molecular weight is 367 g/mol. The lowest BCUT2D eigenvalue weighted by atomic mass is 10.0. The number of rotatable bonds is 8. The minimum absolute atomic E-state index is 0.00794. The van der Waals surface area contributed by atoms with Gasteiger partial charge in [-0.3, -0.25) is 4.79 Å². The average Bonchev–Trinajstić information content (AvgIpc) is 3.07. The van der Waals surface area contributed by atoms with Gasteiger partial charge in [-0.2, -0.15) is 4.98 Å². The number of hydrogen-bond acceptors (Lipinski definition) is 6. The van der Waals surface area contributed by atoms with E-state index >= 15 is 0 Å². The number of nitrogens with zero attached hydrogens (tertiary/aromatic N) is 4. The fraction of sp³-hybridized carbons (Fsp3) is 0.765. The van der Waals surface area contributed by atoms with Gasteiger partial charge in [0.25, 0.3) is 5.89 Å². The van der Waals surface area contributed by atoms with Crippen LogP contribution in [0.2, 0.25) is 0 Å². The number of piperidine rings is 1. The lowest BCUT2D eigenvalue weighted by Crippen LogP contribution is -2.53. The maximum absolute atomic E-state index is 12.2. The van der Waals surface area contributed by atoms with E-state index in [9.17, 15) is 9.59 Å². The second-order valence-corrected chi connectivity index (χ2v) is 6.47. The summed E-state index contributed by atoms with van der Waals surface area (Å²) in [5.74, 6) is 0.969. The Morgan fingerprint density at radius 3 is 2.96 bits per heavy atom. The molecule has 3 amide bonds. The molecule has 2 heterocycles. The standard InChI is InChI=1S/C17H29N5O4/c1-4-8-18-17(24)21-9-5-6-14(11-21)22(13(2)23)10-7-15-19-16(12-25-3)26-20-15/h14H,4-12H2,1-3H3,(H,18,24). The smallest absolute Gasteiger partial charge is 0.317 e. The van der Waals surface area contributed by atoms with Gasteiger partial charge in [0.15, 0.2) is 5.82 Å². The van der Waals surface area contributed by atoms with Crippen LogP contribution in [0.1, 0.15) is 44.8 Å². The summed E-state index contributed by atoms with van der Waals surface area (Å²) in [6.07, 6.45) is 3.18. The van der Waals surface area contributed by atoms with Gasteiger partial charge in [0.2, 0.25) is 5.91 Å². The van der Waals surface area contributed by atoms with Gasteiger partial charge in [-0.25, -0.2) is 4.79 Å². The van der Waals surface area contributed by atoms with Crippen molar-refractivity contribution in [1.29, 1.82) is 0 Å². The van der Waals surface area contributed by atoms with E-state index in [-0.39, 0.29) is 24.6 Å². The number of urea groups is 1. The maximum atomic E-state index is 12.2. The Balaban J connectivity index is 1.92. The summed E-state index contributed by atoms with van der Waals surface area (Å²) in [5.41, 5.74) is 0. The first kappa shape index (κ1) is 20.2. The molecule has 0 spiro atoms. The monoisotopic (exact) mass is 367 g/mol. The zero-order valence-corrected chi connectivity index (χ0v) is 15.9. The van der Waals surface area contributed by atoms with Gasteiger partial charge in [0, 0.05) is 52.7 Å². The molecular weight excluding hydrogens is 338 g/mol. The summed E-state index contributed by atoms with van der Waals surface area (Å²) in [4.78, 5) is 32.2. The van der Waals surface area contributed by atoms with E-state index < -0.39 is 0 Å². The molecule has 0 saturated carbocycles. The van der Waals surface area contributed by atoms with Crippen molar-refractivity contribution < 1.29 is 18.8 Å². The minimum Gasteiger partial charge on any atom is -0.375 e. The van der Waals surface area contributed by atoms with Gasteiger partial charge < -0.3 is 24.4 Å². The molecule has 1 aliphatic heterocycles. The minimum atomic E-state index is -0.0533. The van der Waals surface area contributed by atoms with Crippen LogP contribution in [0.5, 0.6) is 0 Å². The third-order valence-corrected chi connectivity index (χ3v) is 4.41. The zero-order valence-electron chi connectivity index (χ0n) is 15.9. The zero-order chi connectivity index (χ0) is 18.9. The predicted octanol–water partition coefficient (Wildman–Crippen LogP) is 1.19. The van der Waals surface area contributed by atoms with Crippen molar-refractivity contribution in [3.63, 3.8) is 0 Å². The number of likely N-dealkylation sites (tertiary alicyclic amines) is 1. The van der Waals surface area contributed by atoms with Gasteiger partial charge >= 0.3 is 6.03 Å². The first-order valence-corrected chi connectivity index (χ1v) is 9.15. The molecule has 9 nitrogen and oxygen atoms in total. The molecule has 1 fully saturated rings. The molecule has 26 heavy (non-hydrogen) atoms. The van der Waals surface area contributed by atoms with Crippen LogP contribution in [0.4, 0.5) is 4.79 Å². The summed E-state index contributed by atoms with van der Waals surface area (Å²) in [6, 6.07) is -0.0404. The number of aromatic nitrogens is 2. The van der Waals surface area contributed by atoms with Crippen molar-refractivity contribution in [2.75, 3.05) is 33.3 Å². The van der Waals surface area contributed by atoms with E-state index in [4.69, 9.17) is 9.26 Å². The normalized spacial score (nSPS) is 17.2. The van der Waals surface area contributed by atoms with Crippen LogP contribution in [0.3, 0.4) is 0 Å². The van der Waals surface area contributed by atoms with Crippen LogP contribution in [0, 0.1) is 0 Å². The van der Waals surface area contributed by atoms with Gasteiger partial charge in [-0.05, 0) is 19.3 Å². The molecule has 9 heteroatoms. The molecule has 0 aromatic carbocycles. The number of carbonyl (C=O) groups excluding carboxylic acids is 2. The first-order chi connectivity index (χ1) is 12.5. The Morgan fingerprint density at radius 1 is 1.46 bits per heavy atom. The van der Waals surface area contributed by atoms with E-state index in [1.807, 2.05) is 11.8 Å². The van der Waals surface area contributed by atoms with Crippen molar-refractivity contribution >= 4 is 11.9 Å². The van der Waals surface area contributed by atoms with Gasteiger partial charge in [0.05, 0.1) is 0 Å². The molecule has 2 rings (SSSR count). The molecule has 1 saturated heterocycles. The van der Waals surface area contributed by atoms with Crippen molar-refractivity contribution in [3.05, 3.63) is 11.7 Å². The van der Waals surface area contributed by atoms with E-state index in [0.29, 0.717) is 37.8 Å². The van der Waals surface area contributed by atoms with Crippen molar-refractivity contribution in [1.82, 2.24) is 25.3 Å². The highest BCUT2D eigenvalue weighted by molar-refractivity contribution is 5.75. The molecule has 0 aliphatic carbocycles. The summed E-state index contributed by atoms with van der Waals surface area (Å²) < 4.78 is 10.0. The summed E-state index contributed by atoms with van der Waals surface area (Å²) in [6.45, 7) is 6.29. The Kier molecular flexibility index (Phi) is 7.83. The first-order valence-electron chi connectivity index (χ1n) is 9.15. The molecule has 1 aliphatic rings. The van der Waals surface area contributed by atoms with E-state index in [1.165, 1.54) is 0 Å². The topological polar surface area (TPSA) is 101 Å². The number of methoxy groups -OCH3 is 1. The maximum Gasteiger partial charge on any atom is 0.317 e. The molecule has 1 unspecified atom stereocenters. The fourth-order valence-corrected chi connectivity index (χ4v) is 3.13. The molecule has 0 radical (unpaired) electrons. The molecule has 146 valence electrons. The quantitative estimate of drug-likeness (QED) is 0.741. The van der Waals surface area contributed by atoms with Gasteiger partial charge in [0.1, 0.15) is 6.61 Å². The van der Waals surface area contributed by atoms with Crippen molar-refractivity contribution in [3.8, 4) is 0 Å². The molecule has 1 aromatic rings. The van der Waals surface area contributed by atoms with Crippen molar-refractivity contribution in [2.45, 2.75) is 52.2 Å². The number of ether oxygens (including phenoxy) is 1. The summed E-state index contributed by atoms with van der Waals surface area (Å²) >= 11 is 0. The Morgan fingerprint density at radius 2 is 2.27 bits per heavy atom. The van der Waals surface area contributed by atoms with Crippen LogP contribution in [-0.4, -0.2) is 71.2 Å². The second-order valence-electron chi connectivity index (χ2n) is 6.47. The number of nitrogens with one attached hydrogen (secondary N) is 1. The lowest BCUT2D eigenvalue weighted by molar-refractivity contribution is -0.132. The molecule has 1 N–H and O–H groups in total. The highest BCUT2D eigenvalue weighted by atomic mass is 16.5. The Labute approximate surface area is 154 Å². The fourth-order valence-electron chi connectivity index (χ4n) is 3.13. The highest BCUT2D eigenvalue weighted by Gasteiger charge is 2.29. The highest BCUT2D eigenvalue weighted by Crippen LogP contribution is 2.17. The van der Waals surface area contributed by atoms with Gasteiger partial charge in [-0.1, -0.05) is 12.1 Å². The SMILES string of the molecule is CCCNC(=O)N1CCCC(N(CCc2noc(COC)n2)C(C)=O)C1. The van der Waals surface area contributed by atoms with Crippen LogP contribution in [0.25, 0.3) is 0 Å². The largest absolute Gasteiger partial charge is 0.375 e. The van der Waals surface area contributed by atoms with E-state index in [1.54, 1.807) is 18.9 Å². The predicted molar refractivity (Wildman–Crippen MR) is 94.4 cm³/mol. The van der Waals surface area contributed by atoms with Crippen LogP contribution < -0.4 is 5.32 Å². The summed E-state index contributed by atoms with van der Waals surface area (Å²) in [7, 11) is 1.56. The van der Waals surface area contributed by atoms with E-state index in [0.717, 1.165) is 25.8 Å². The van der Waals surface area contributed by atoms with Crippen molar-refractivity contribution in [2.24, 2.45) is 0 Å². The summed E-state index contributed by atoms with van der Waals surface area (Å²) in [5, 5.41) is 6.81. The third-order valence-electron chi connectivity index (χ3n) is 4.41. The molecular formula is C17H29N5O4. The number of amides is 3. The second kappa shape index (κ2) is 10.1. The number of hydrogen-bond donors (Lipinski definition) is 1. The number of carbonyl (C=O) groups is 2. The van der Waals surface area contributed by atoms with Crippen LogP contribution >= 0.6 is 0 Å². The lowest BCUT2D eigenvalue weighted by Gasteiger charge is -2.39. The van der Waals surface area contributed by atoms with Crippen LogP contribution in [0.15, 0.2) is 4.52 Å². The van der Waals surface area contributed by atoms with E-state index in [2.05, 4.69) is 15.5 Å². The van der Waals surface area contributed by atoms with Crippen LogP contribution in [-0.2, 0) is 22.6 Å².